The molecule has 1 N–H and O–H groups in total. The molecule has 0 saturated heterocycles. The number of rotatable bonds is 1. The van der Waals surface area contributed by atoms with E-state index in [2.05, 4.69) is 10.1 Å². The summed E-state index contributed by atoms with van der Waals surface area (Å²) in [4.78, 5) is 3.59. The Labute approximate surface area is 85.8 Å². The Balaban J connectivity index is 2.54. The first-order valence-electron chi connectivity index (χ1n) is 4.05. The summed E-state index contributed by atoms with van der Waals surface area (Å²) < 4.78 is 1.38. The van der Waals surface area contributed by atoms with Gasteiger partial charge in [0.05, 0.1) is 5.69 Å². The second-order valence-corrected chi connectivity index (χ2v) is 3.27. The Morgan fingerprint density at radius 2 is 2.21 bits per heavy atom. The van der Waals surface area contributed by atoms with Crippen molar-refractivity contribution in [3.63, 3.8) is 0 Å². The average Bonchev–Trinajstić information content (AvgIpc) is 2.45. The van der Waals surface area contributed by atoms with Gasteiger partial charge in [-0.05, 0) is 36.2 Å². The molecule has 4 nitrogen and oxygen atoms in total. The fourth-order valence-corrected chi connectivity index (χ4v) is 1.42. The van der Waals surface area contributed by atoms with E-state index in [9.17, 15) is 0 Å². The van der Waals surface area contributed by atoms with E-state index in [1.165, 1.54) is 4.68 Å². The number of aromatic hydroxyl groups is 1. The first kappa shape index (κ1) is 9.02. The van der Waals surface area contributed by atoms with Crippen LogP contribution >= 0.6 is 11.6 Å². The second kappa shape index (κ2) is 3.31. The van der Waals surface area contributed by atoms with Gasteiger partial charge < -0.3 is 5.11 Å². The van der Waals surface area contributed by atoms with Crippen LogP contribution in [0.3, 0.4) is 0 Å². The molecule has 0 spiro atoms. The van der Waals surface area contributed by atoms with Crippen LogP contribution in [0.1, 0.15) is 5.56 Å². The molecule has 0 aliphatic carbocycles. The number of hydrogen-bond acceptors (Lipinski definition) is 3. The third-order valence-corrected chi connectivity index (χ3v) is 2.05. The summed E-state index contributed by atoms with van der Waals surface area (Å²) >= 11 is 5.76. The molecule has 0 bridgehead atoms. The van der Waals surface area contributed by atoms with E-state index in [1.807, 2.05) is 31.2 Å². The number of aromatic nitrogens is 3. The number of aryl methyl sites for hydroxylation is 1. The zero-order chi connectivity index (χ0) is 10.1. The molecule has 0 fully saturated rings. The SMILES string of the molecule is Cc1cccc(-n2nc(O)nc2Cl)c1. The number of hydrogen-bond donors (Lipinski definition) is 1. The minimum Gasteiger partial charge on any atom is -0.478 e. The van der Waals surface area contributed by atoms with Gasteiger partial charge in [0.2, 0.25) is 5.28 Å². The summed E-state index contributed by atoms with van der Waals surface area (Å²) in [6.07, 6.45) is 0. The topological polar surface area (TPSA) is 50.9 Å². The predicted octanol–water partition coefficient (Wildman–Crippen LogP) is 1.93. The largest absolute Gasteiger partial charge is 0.478 e. The van der Waals surface area contributed by atoms with Crippen LogP contribution in [-0.2, 0) is 0 Å². The Kier molecular flexibility index (Phi) is 2.13. The maximum absolute atomic E-state index is 9.04. The lowest BCUT2D eigenvalue weighted by atomic mass is 10.2. The summed E-state index contributed by atoms with van der Waals surface area (Å²) in [7, 11) is 0. The van der Waals surface area contributed by atoms with Crippen molar-refractivity contribution < 1.29 is 5.11 Å². The van der Waals surface area contributed by atoms with Gasteiger partial charge in [-0.15, -0.1) is 5.10 Å². The molecule has 0 saturated carbocycles. The molecule has 72 valence electrons. The molecular weight excluding hydrogens is 202 g/mol. The monoisotopic (exact) mass is 209 g/mol. The minimum atomic E-state index is -0.323. The smallest absolute Gasteiger partial charge is 0.334 e. The Bertz CT molecular complexity index is 467. The zero-order valence-electron chi connectivity index (χ0n) is 7.48. The molecule has 1 heterocycles. The number of nitrogens with zero attached hydrogens (tertiary/aromatic N) is 3. The number of halogens is 1. The van der Waals surface area contributed by atoms with Crippen molar-refractivity contribution >= 4 is 11.6 Å². The van der Waals surface area contributed by atoms with E-state index in [0.29, 0.717) is 0 Å². The third kappa shape index (κ3) is 1.56. The van der Waals surface area contributed by atoms with Crippen LogP contribution in [0.4, 0.5) is 0 Å². The lowest BCUT2D eigenvalue weighted by Gasteiger charge is -2.01. The average molecular weight is 210 g/mol. The molecule has 5 heteroatoms. The molecule has 0 amide bonds. The summed E-state index contributed by atoms with van der Waals surface area (Å²) in [6.45, 7) is 1.97. The van der Waals surface area contributed by atoms with E-state index >= 15 is 0 Å². The highest BCUT2D eigenvalue weighted by atomic mass is 35.5. The van der Waals surface area contributed by atoms with Crippen molar-refractivity contribution in [1.29, 1.82) is 0 Å². The van der Waals surface area contributed by atoms with Crippen LogP contribution in [0, 0.1) is 6.92 Å². The molecule has 0 unspecified atom stereocenters. The van der Waals surface area contributed by atoms with Crippen LogP contribution in [0.15, 0.2) is 24.3 Å². The Morgan fingerprint density at radius 1 is 1.43 bits per heavy atom. The predicted molar refractivity (Wildman–Crippen MR) is 52.8 cm³/mol. The van der Waals surface area contributed by atoms with Gasteiger partial charge in [-0.25, -0.2) is 0 Å². The first-order chi connectivity index (χ1) is 6.66. The van der Waals surface area contributed by atoms with E-state index < -0.39 is 0 Å². The van der Waals surface area contributed by atoms with Crippen molar-refractivity contribution in [3.8, 4) is 11.7 Å². The molecule has 0 aliphatic heterocycles. The van der Waals surface area contributed by atoms with E-state index in [4.69, 9.17) is 16.7 Å². The highest BCUT2D eigenvalue weighted by Gasteiger charge is 2.07. The number of benzene rings is 1. The van der Waals surface area contributed by atoms with Crippen LogP contribution in [0.5, 0.6) is 6.01 Å². The van der Waals surface area contributed by atoms with Gasteiger partial charge in [-0.1, -0.05) is 12.1 Å². The van der Waals surface area contributed by atoms with Crippen LogP contribution in [-0.4, -0.2) is 19.9 Å². The molecule has 0 radical (unpaired) electrons. The molecule has 14 heavy (non-hydrogen) atoms. The molecule has 0 atom stereocenters. The van der Waals surface area contributed by atoms with Crippen molar-refractivity contribution in [1.82, 2.24) is 14.8 Å². The van der Waals surface area contributed by atoms with Gasteiger partial charge in [0.15, 0.2) is 0 Å². The van der Waals surface area contributed by atoms with Crippen molar-refractivity contribution in [2.24, 2.45) is 0 Å². The van der Waals surface area contributed by atoms with E-state index in [1.54, 1.807) is 0 Å². The van der Waals surface area contributed by atoms with Crippen molar-refractivity contribution in [2.75, 3.05) is 0 Å². The summed E-state index contributed by atoms with van der Waals surface area (Å²) in [5.74, 6) is 0. The first-order valence-corrected chi connectivity index (χ1v) is 4.43. The Hall–Kier alpha value is -1.55. The third-order valence-electron chi connectivity index (χ3n) is 1.80. The van der Waals surface area contributed by atoms with Crippen molar-refractivity contribution in [3.05, 3.63) is 35.1 Å². The van der Waals surface area contributed by atoms with Crippen molar-refractivity contribution in [2.45, 2.75) is 6.92 Å². The van der Waals surface area contributed by atoms with Gasteiger partial charge in [0.25, 0.3) is 0 Å². The van der Waals surface area contributed by atoms with Gasteiger partial charge in [0.1, 0.15) is 0 Å². The van der Waals surface area contributed by atoms with Crippen LogP contribution in [0.25, 0.3) is 5.69 Å². The van der Waals surface area contributed by atoms with Gasteiger partial charge >= 0.3 is 6.01 Å². The van der Waals surface area contributed by atoms with Gasteiger partial charge in [-0.2, -0.15) is 9.67 Å². The maximum Gasteiger partial charge on any atom is 0.334 e. The maximum atomic E-state index is 9.04. The summed E-state index contributed by atoms with van der Waals surface area (Å²) in [5, 5.41) is 12.9. The molecular formula is C9H8ClN3O. The lowest BCUT2D eigenvalue weighted by Crippen LogP contribution is -1.96. The molecule has 2 aromatic rings. The fraction of sp³-hybridized carbons (Fsp3) is 0.111. The van der Waals surface area contributed by atoms with Crippen LogP contribution < -0.4 is 0 Å². The summed E-state index contributed by atoms with van der Waals surface area (Å²) in [6, 6.07) is 7.28. The fourth-order valence-electron chi connectivity index (χ4n) is 1.21. The van der Waals surface area contributed by atoms with Crippen LogP contribution in [0.2, 0.25) is 5.28 Å². The summed E-state index contributed by atoms with van der Waals surface area (Å²) in [5.41, 5.74) is 1.87. The lowest BCUT2D eigenvalue weighted by molar-refractivity contribution is 0.430. The molecule has 2 rings (SSSR count). The van der Waals surface area contributed by atoms with Gasteiger partial charge in [0, 0.05) is 0 Å². The highest BCUT2D eigenvalue weighted by molar-refractivity contribution is 6.28. The Morgan fingerprint density at radius 3 is 2.79 bits per heavy atom. The zero-order valence-corrected chi connectivity index (χ0v) is 8.23. The molecule has 0 aliphatic rings. The normalized spacial score (nSPS) is 10.4. The minimum absolute atomic E-state index is 0.146. The van der Waals surface area contributed by atoms with E-state index in [-0.39, 0.29) is 11.3 Å². The molecule has 1 aromatic carbocycles. The van der Waals surface area contributed by atoms with E-state index in [0.717, 1.165) is 11.3 Å². The standard InChI is InChI=1S/C9H8ClN3O/c1-6-3-2-4-7(5-6)13-8(10)11-9(14)12-13/h2-5H,1H3,(H,12,14). The second-order valence-electron chi connectivity index (χ2n) is 2.93. The van der Waals surface area contributed by atoms with Gasteiger partial charge in [-0.3, -0.25) is 0 Å². The molecule has 1 aromatic heterocycles. The highest BCUT2D eigenvalue weighted by Crippen LogP contribution is 2.16. The quantitative estimate of drug-likeness (QED) is 0.781.